The Hall–Kier alpha value is -1.76. The smallest absolute Gasteiger partial charge is 0.344 e. The van der Waals surface area contributed by atoms with E-state index in [-0.39, 0.29) is 13.2 Å². The highest BCUT2D eigenvalue weighted by Crippen LogP contribution is 1.83. The third kappa shape index (κ3) is 8.14. The van der Waals surface area contributed by atoms with Crippen molar-refractivity contribution < 1.29 is 19.1 Å². The second-order valence-corrected chi connectivity index (χ2v) is 2.03. The van der Waals surface area contributed by atoms with Crippen molar-refractivity contribution in [2.24, 2.45) is 0 Å². The SMILES string of the molecule is C#CC=CCOC(=O)COC(C)=O. The predicted octanol–water partition coefficient (Wildman–Crippen LogP) is 0.282. The minimum atomic E-state index is -0.600. The molecule has 70 valence electrons. The minimum absolute atomic E-state index is 0.0876. The van der Waals surface area contributed by atoms with Crippen LogP contribution in [-0.2, 0) is 19.1 Å². The highest BCUT2D eigenvalue weighted by Gasteiger charge is 2.02. The average molecular weight is 182 g/mol. The maximum absolute atomic E-state index is 10.7. The summed E-state index contributed by atoms with van der Waals surface area (Å²) >= 11 is 0. The van der Waals surface area contributed by atoms with Crippen molar-refractivity contribution in [3.63, 3.8) is 0 Å². The first-order chi connectivity index (χ1) is 6.16. The van der Waals surface area contributed by atoms with Crippen LogP contribution in [0.15, 0.2) is 12.2 Å². The van der Waals surface area contributed by atoms with E-state index in [4.69, 9.17) is 6.42 Å². The number of terminal acetylenes is 1. The molecule has 0 saturated carbocycles. The lowest BCUT2D eigenvalue weighted by Crippen LogP contribution is -2.14. The summed E-state index contributed by atoms with van der Waals surface area (Å²) in [6.07, 6.45) is 7.82. The highest BCUT2D eigenvalue weighted by atomic mass is 16.6. The summed E-state index contributed by atoms with van der Waals surface area (Å²) in [5, 5.41) is 0. The Morgan fingerprint density at radius 1 is 1.46 bits per heavy atom. The summed E-state index contributed by atoms with van der Waals surface area (Å²) < 4.78 is 8.98. The third-order valence-electron chi connectivity index (χ3n) is 0.948. The van der Waals surface area contributed by atoms with Gasteiger partial charge < -0.3 is 9.47 Å². The van der Waals surface area contributed by atoms with Crippen molar-refractivity contribution in [1.82, 2.24) is 0 Å². The van der Waals surface area contributed by atoms with Gasteiger partial charge in [0.2, 0.25) is 0 Å². The maximum atomic E-state index is 10.7. The monoisotopic (exact) mass is 182 g/mol. The van der Waals surface area contributed by atoms with Gasteiger partial charge in [0.15, 0.2) is 6.61 Å². The molecule has 0 unspecified atom stereocenters. The molecule has 4 nitrogen and oxygen atoms in total. The highest BCUT2D eigenvalue weighted by molar-refractivity contribution is 5.75. The molecule has 0 atom stereocenters. The number of hydrogen-bond acceptors (Lipinski definition) is 4. The Kier molecular flexibility index (Phi) is 5.98. The Morgan fingerprint density at radius 2 is 2.15 bits per heavy atom. The molecular weight excluding hydrogens is 172 g/mol. The summed E-state index contributed by atoms with van der Waals surface area (Å²) in [4.78, 5) is 21.0. The van der Waals surface area contributed by atoms with Crippen LogP contribution in [-0.4, -0.2) is 25.2 Å². The summed E-state index contributed by atoms with van der Waals surface area (Å²) in [7, 11) is 0. The van der Waals surface area contributed by atoms with Gasteiger partial charge in [0.05, 0.1) is 0 Å². The first-order valence-electron chi connectivity index (χ1n) is 3.57. The fourth-order valence-electron chi connectivity index (χ4n) is 0.459. The Bertz CT molecular complexity index is 247. The van der Waals surface area contributed by atoms with E-state index >= 15 is 0 Å². The normalized spacial score (nSPS) is 9.23. The molecule has 0 fully saturated rings. The molecule has 0 saturated heterocycles. The van der Waals surface area contributed by atoms with Crippen LogP contribution in [0.5, 0.6) is 0 Å². The zero-order valence-corrected chi connectivity index (χ0v) is 7.28. The molecule has 4 heteroatoms. The molecule has 0 aliphatic rings. The molecule has 0 aromatic rings. The van der Waals surface area contributed by atoms with Crippen molar-refractivity contribution >= 4 is 11.9 Å². The lowest BCUT2D eigenvalue weighted by Gasteiger charge is -2.00. The van der Waals surface area contributed by atoms with Gasteiger partial charge in [0, 0.05) is 6.92 Å². The molecule has 0 rings (SSSR count). The summed E-state index contributed by atoms with van der Waals surface area (Å²) in [6.45, 7) is 0.940. The summed E-state index contributed by atoms with van der Waals surface area (Å²) in [5.41, 5.74) is 0. The molecular formula is C9H10O4. The van der Waals surface area contributed by atoms with Gasteiger partial charge in [-0.1, -0.05) is 5.92 Å². The van der Waals surface area contributed by atoms with Crippen LogP contribution in [0.25, 0.3) is 0 Å². The molecule has 0 bridgehead atoms. The van der Waals surface area contributed by atoms with Crippen molar-refractivity contribution in [1.29, 1.82) is 0 Å². The molecule has 0 N–H and O–H groups in total. The van der Waals surface area contributed by atoms with Crippen LogP contribution in [0, 0.1) is 12.3 Å². The van der Waals surface area contributed by atoms with Gasteiger partial charge in [-0.3, -0.25) is 4.79 Å². The van der Waals surface area contributed by atoms with Crippen LogP contribution >= 0.6 is 0 Å². The van der Waals surface area contributed by atoms with Gasteiger partial charge in [0.25, 0.3) is 0 Å². The number of hydrogen-bond donors (Lipinski definition) is 0. The first-order valence-corrected chi connectivity index (χ1v) is 3.57. The average Bonchev–Trinajstić information content (AvgIpc) is 2.09. The molecule has 0 aromatic heterocycles. The van der Waals surface area contributed by atoms with E-state index in [1.54, 1.807) is 0 Å². The van der Waals surface area contributed by atoms with Gasteiger partial charge in [0.1, 0.15) is 6.61 Å². The van der Waals surface area contributed by atoms with Gasteiger partial charge >= 0.3 is 11.9 Å². The molecule has 0 aliphatic carbocycles. The van der Waals surface area contributed by atoms with Gasteiger partial charge in [-0.25, -0.2) is 4.79 Å². The minimum Gasteiger partial charge on any atom is -0.459 e. The standard InChI is InChI=1S/C9H10O4/c1-3-4-5-6-12-9(11)7-13-8(2)10/h1,4-5H,6-7H2,2H3. The van der Waals surface area contributed by atoms with Crippen molar-refractivity contribution in [3.8, 4) is 12.3 Å². The Morgan fingerprint density at radius 3 is 2.69 bits per heavy atom. The van der Waals surface area contributed by atoms with E-state index in [1.165, 1.54) is 19.1 Å². The largest absolute Gasteiger partial charge is 0.459 e. The lowest BCUT2D eigenvalue weighted by atomic mass is 10.5. The van der Waals surface area contributed by atoms with E-state index < -0.39 is 11.9 Å². The van der Waals surface area contributed by atoms with E-state index in [0.717, 1.165) is 0 Å². The lowest BCUT2D eigenvalue weighted by molar-refractivity contribution is -0.156. The molecule has 0 spiro atoms. The fraction of sp³-hybridized carbons (Fsp3) is 0.333. The first kappa shape index (κ1) is 11.2. The fourth-order valence-corrected chi connectivity index (χ4v) is 0.459. The number of carbonyl (C=O) groups excluding carboxylic acids is 2. The Labute approximate surface area is 76.5 Å². The van der Waals surface area contributed by atoms with Gasteiger partial charge in [-0.05, 0) is 12.2 Å². The third-order valence-corrected chi connectivity index (χ3v) is 0.948. The van der Waals surface area contributed by atoms with Crippen LogP contribution in [0.2, 0.25) is 0 Å². The second kappa shape index (κ2) is 6.92. The zero-order valence-electron chi connectivity index (χ0n) is 7.28. The molecule has 13 heavy (non-hydrogen) atoms. The van der Waals surface area contributed by atoms with Crippen molar-refractivity contribution in [2.75, 3.05) is 13.2 Å². The number of esters is 2. The maximum Gasteiger partial charge on any atom is 0.344 e. The molecule has 0 radical (unpaired) electrons. The van der Waals surface area contributed by atoms with E-state index in [0.29, 0.717) is 0 Å². The quantitative estimate of drug-likeness (QED) is 0.463. The van der Waals surface area contributed by atoms with E-state index in [9.17, 15) is 9.59 Å². The van der Waals surface area contributed by atoms with Crippen LogP contribution in [0.4, 0.5) is 0 Å². The molecule has 0 heterocycles. The number of ether oxygens (including phenoxy) is 2. The molecule has 0 aromatic carbocycles. The van der Waals surface area contributed by atoms with Gasteiger partial charge in [-0.2, -0.15) is 0 Å². The van der Waals surface area contributed by atoms with Crippen LogP contribution in [0.3, 0.4) is 0 Å². The van der Waals surface area contributed by atoms with Crippen molar-refractivity contribution in [2.45, 2.75) is 6.92 Å². The summed E-state index contributed by atoms with van der Waals surface area (Å²) in [6, 6.07) is 0. The van der Waals surface area contributed by atoms with Gasteiger partial charge in [-0.15, -0.1) is 6.42 Å². The zero-order chi connectivity index (χ0) is 10.1. The topological polar surface area (TPSA) is 52.6 Å². The van der Waals surface area contributed by atoms with E-state index in [2.05, 4.69) is 15.4 Å². The van der Waals surface area contributed by atoms with E-state index in [1.807, 2.05) is 0 Å². The number of rotatable bonds is 4. The summed E-state index contributed by atoms with van der Waals surface area (Å²) in [5.74, 6) is 1.12. The second-order valence-electron chi connectivity index (χ2n) is 2.03. The predicted molar refractivity (Wildman–Crippen MR) is 45.6 cm³/mol. The number of carbonyl (C=O) groups is 2. The number of allylic oxidation sites excluding steroid dienone is 1. The Balaban J connectivity index is 3.47. The van der Waals surface area contributed by atoms with Crippen LogP contribution in [0.1, 0.15) is 6.92 Å². The molecule has 0 aliphatic heterocycles. The molecule has 0 amide bonds. The van der Waals surface area contributed by atoms with Crippen LogP contribution < -0.4 is 0 Å². The van der Waals surface area contributed by atoms with Crippen molar-refractivity contribution in [3.05, 3.63) is 12.2 Å².